The monoisotopic (exact) mass is 436 g/mol. The van der Waals surface area contributed by atoms with Crippen molar-refractivity contribution in [1.29, 1.82) is 0 Å². The van der Waals surface area contributed by atoms with Crippen LogP contribution in [-0.2, 0) is 14.3 Å². The number of fused-ring (bicyclic) bond motifs is 3. The summed E-state index contributed by atoms with van der Waals surface area (Å²) in [5, 5.41) is 11.7. The van der Waals surface area contributed by atoms with Crippen LogP contribution in [0.1, 0.15) is 37.3 Å². The number of aliphatic carboxylic acids is 1. The van der Waals surface area contributed by atoms with Gasteiger partial charge in [-0.1, -0.05) is 55.5 Å². The van der Waals surface area contributed by atoms with Gasteiger partial charge in [-0.05, 0) is 41.0 Å². The molecule has 0 radical (unpaired) electrons. The van der Waals surface area contributed by atoms with Crippen LogP contribution < -0.4 is 5.32 Å². The molecule has 3 atom stereocenters. The summed E-state index contributed by atoms with van der Waals surface area (Å²) in [6.45, 7) is 4.64. The van der Waals surface area contributed by atoms with E-state index in [-0.39, 0.29) is 36.7 Å². The third kappa shape index (κ3) is 4.33. The number of amides is 2. The number of benzene rings is 2. The summed E-state index contributed by atoms with van der Waals surface area (Å²) in [6, 6.07) is 15.5. The Morgan fingerprint density at radius 2 is 1.66 bits per heavy atom. The van der Waals surface area contributed by atoms with Crippen LogP contribution in [0.2, 0.25) is 0 Å². The Kier molecular flexibility index (Phi) is 6.17. The lowest BCUT2D eigenvalue weighted by atomic mass is 9.95. The van der Waals surface area contributed by atoms with Crippen molar-refractivity contribution < 1.29 is 24.2 Å². The molecule has 2 amide bonds. The molecule has 7 nitrogen and oxygen atoms in total. The fourth-order valence-electron chi connectivity index (χ4n) is 4.86. The normalized spacial score (nSPS) is 20.4. The van der Waals surface area contributed by atoms with E-state index in [0.29, 0.717) is 13.1 Å². The highest BCUT2D eigenvalue weighted by atomic mass is 16.5. The molecule has 2 aromatic carbocycles. The van der Waals surface area contributed by atoms with Crippen molar-refractivity contribution in [3.8, 4) is 11.1 Å². The summed E-state index contributed by atoms with van der Waals surface area (Å²) in [5.41, 5.74) is 4.56. The third-order valence-electron chi connectivity index (χ3n) is 6.56. The number of alkyl carbamates (subject to hydrolysis) is 1. The van der Waals surface area contributed by atoms with Crippen LogP contribution in [0.5, 0.6) is 0 Å². The first-order valence-electron chi connectivity index (χ1n) is 11.0. The van der Waals surface area contributed by atoms with Gasteiger partial charge in [0.15, 0.2) is 0 Å². The van der Waals surface area contributed by atoms with Crippen molar-refractivity contribution in [2.75, 3.05) is 19.7 Å². The Labute approximate surface area is 187 Å². The smallest absolute Gasteiger partial charge is 0.407 e. The molecule has 4 rings (SSSR count). The number of carbonyl (C=O) groups is 3. The molecule has 0 aromatic heterocycles. The zero-order chi connectivity index (χ0) is 22.8. The van der Waals surface area contributed by atoms with Crippen molar-refractivity contribution in [2.24, 2.45) is 11.8 Å². The first-order chi connectivity index (χ1) is 15.3. The predicted molar refractivity (Wildman–Crippen MR) is 119 cm³/mol. The maximum absolute atomic E-state index is 12.8. The molecule has 1 fully saturated rings. The van der Waals surface area contributed by atoms with Crippen LogP contribution in [0, 0.1) is 11.8 Å². The summed E-state index contributed by atoms with van der Waals surface area (Å²) < 4.78 is 5.52. The standard InChI is InChI=1S/C25H28N2O5/c1-15-12-27(13-17(15)11-23(28)29)24(30)16(2)26-25(31)32-14-22-20-9-5-3-7-18(20)19-8-4-6-10-21(19)22/h3-10,15-17,22H,11-14H2,1-2H3,(H,26,31)(H,28,29). The average Bonchev–Trinajstić information content (AvgIpc) is 3.29. The number of rotatable bonds is 6. The second kappa shape index (κ2) is 9.02. The first kappa shape index (κ1) is 21.9. The number of likely N-dealkylation sites (tertiary alicyclic amines) is 1. The van der Waals surface area contributed by atoms with Gasteiger partial charge in [-0.15, -0.1) is 0 Å². The van der Waals surface area contributed by atoms with Gasteiger partial charge in [0.05, 0.1) is 6.42 Å². The van der Waals surface area contributed by atoms with Crippen LogP contribution >= 0.6 is 0 Å². The fraction of sp³-hybridized carbons (Fsp3) is 0.400. The van der Waals surface area contributed by atoms with Gasteiger partial charge in [-0.3, -0.25) is 9.59 Å². The molecule has 1 heterocycles. The SMILES string of the molecule is CC(NC(=O)OCC1c2ccccc2-c2ccccc21)C(=O)N1CC(C)C(CC(=O)O)C1. The molecule has 32 heavy (non-hydrogen) atoms. The topological polar surface area (TPSA) is 95.9 Å². The molecule has 2 N–H and O–H groups in total. The molecule has 0 bridgehead atoms. The average molecular weight is 437 g/mol. The largest absolute Gasteiger partial charge is 0.481 e. The lowest BCUT2D eigenvalue weighted by Gasteiger charge is -2.22. The van der Waals surface area contributed by atoms with E-state index in [4.69, 9.17) is 9.84 Å². The summed E-state index contributed by atoms with van der Waals surface area (Å²) in [6.07, 6.45) is -0.596. The molecule has 7 heteroatoms. The Balaban J connectivity index is 1.34. The van der Waals surface area contributed by atoms with Gasteiger partial charge in [0.25, 0.3) is 0 Å². The van der Waals surface area contributed by atoms with E-state index in [1.165, 1.54) is 0 Å². The lowest BCUT2D eigenvalue weighted by molar-refractivity contribution is -0.138. The Morgan fingerprint density at radius 1 is 1.06 bits per heavy atom. The fourth-order valence-corrected chi connectivity index (χ4v) is 4.86. The lowest BCUT2D eigenvalue weighted by Crippen LogP contribution is -2.46. The van der Waals surface area contributed by atoms with Crippen molar-refractivity contribution in [3.05, 3.63) is 59.7 Å². The van der Waals surface area contributed by atoms with Crippen LogP contribution in [0.4, 0.5) is 4.79 Å². The van der Waals surface area contributed by atoms with E-state index >= 15 is 0 Å². The molecule has 1 aliphatic carbocycles. The summed E-state index contributed by atoms with van der Waals surface area (Å²) in [5.74, 6) is -1.09. The van der Waals surface area contributed by atoms with Gasteiger partial charge in [0, 0.05) is 19.0 Å². The zero-order valence-corrected chi connectivity index (χ0v) is 18.3. The number of ether oxygens (including phenoxy) is 1. The maximum atomic E-state index is 12.8. The van der Waals surface area contributed by atoms with Crippen LogP contribution in [0.25, 0.3) is 11.1 Å². The molecule has 0 saturated carbocycles. The zero-order valence-electron chi connectivity index (χ0n) is 18.3. The van der Waals surface area contributed by atoms with Gasteiger partial charge in [0.1, 0.15) is 12.6 Å². The highest BCUT2D eigenvalue weighted by molar-refractivity contribution is 5.85. The van der Waals surface area contributed by atoms with Crippen molar-refractivity contribution in [2.45, 2.75) is 32.2 Å². The minimum atomic E-state index is -0.860. The Bertz CT molecular complexity index is 991. The summed E-state index contributed by atoms with van der Waals surface area (Å²) >= 11 is 0. The van der Waals surface area contributed by atoms with Crippen LogP contribution in [-0.4, -0.2) is 53.7 Å². The highest BCUT2D eigenvalue weighted by Gasteiger charge is 2.36. The summed E-state index contributed by atoms with van der Waals surface area (Å²) in [4.78, 5) is 37.8. The van der Waals surface area contributed by atoms with Crippen molar-refractivity contribution in [1.82, 2.24) is 10.2 Å². The van der Waals surface area contributed by atoms with Crippen molar-refractivity contribution in [3.63, 3.8) is 0 Å². The molecular weight excluding hydrogens is 408 g/mol. The van der Waals surface area contributed by atoms with E-state index in [2.05, 4.69) is 29.6 Å². The number of hydrogen-bond donors (Lipinski definition) is 2. The molecule has 1 aliphatic heterocycles. The number of hydrogen-bond acceptors (Lipinski definition) is 4. The minimum Gasteiger partial charge on any atom is -0.481 e. The third-order valence-corrected chi connectivity index (χ3v) is 6.56. The molecule has 3 unspecified atom stereocenters. The minimum absolute atomic E-state index is 0.0408. The summed E-state index contributed by atoms with van der Waals surface area (Å²) in [7, 11) is 0. The quantitative estimate of drug-likeness (QED) is 0.723. The van der Waals surface area contributed by atoms with E-state index in [0.717, 1.165) is 22.3 Å². The van der Waals surface area contributed by atoms with Gasteiger partial charge in [0.2, 0.25) is 5.91 Å². The molecule has 2 aromatic rings. The van der Waals surface area contributed by atoms with E-state index in [9.17, 15) is 14.4 Å². The number of carboxylic acids is 1. The van der Waals surface area contributed by atoms with Crippen LogP contribution in [0.3, 0.4) is 0 Å². The Morgan fingerprint density at radius 3 is 2.25 bits per heavy atom. The molecule has 0 spiro atoms. The second-order valence-corrected chi connectivity index (χ2v) is 8.77. The van der Waals surface area contributed by atoms with E-state index in [1.54, 1.807) is 11.8 Å². The molecule has 1 saturated heterocycles. The van der Waals surface area contributed by atoms with Gasteiger partial charge < -0.3 is 20.1 Å². The number of carbonyl (C=O) groups excluding carboxylic acids is 2. The van der Waals surface area contributed by atoms with Crippen molar-refractivity contribution >= 4 is 18.0 Å². The maximum Gasteiger partial charge on any atom is 0.407 e. The molecular formula is C25H28N2O5. The van der Waals surface area contributed by atoms with Gasteiger partial charge >= 0.3 is 12.1 Å². The molecule has 168 valence electrons. The first-order valence-corrected chi connectivity index (χ1v) is 11.0. The number of carboxylic acid groups (broad SMARTS) is 1. The Hall–Kier alpha value is -3.35. The highest BCUT2D eigenvalue weighted by Crippen LogP contribution is 2.44. The van der Waals surface area contributed by atoms with E-state index < -0.39 is 18.1 Å². The van der Waals surface area contributed by atoms with Crippen LogP contribution in [0.15, 0.2) is 48.5 Å². The second-order valence-electron chi connectivity index (χ2n) is 8.77. The van der Waals surface area contributed by atoms with Gasteiger partial charge in [-0.2, -0.15) is 0 Å². The van der Waals surface area contributed by atoms with Gasteiger partial charge in [-0.25, -0.2) is 4.79 Å². The molecule has 2 aliphatic rings. The predicted octanol–water partition coefficient (Wildman–Crippen LogP) is 3.48. The number of nitrogens with zero attached hydrogens (tertiary/aromatic N) is 1. The number of nitrogens with one attached hydrogen (secondary N) is 1. The van der Waals surface area contributed by atoms with E-state index in [1.807, 2.05) is 31.2 Å².